The highest BCUT2D eigenvalue weighted by Gasteiger charge is 2.54. The van der Waals surface area contributed by atoms with Crippen LogP contribution in [0.3, 0.4) is 0 Å². The van der Waals surface area contributed by atoms with Gasteiger partial charge in [0.1, 0.15) is 9.96 Å². The van der Waals surface area contributed by atoms with Crippen molar-refractivity contribution in [1.82, 2.24) is 9.97 Å². The molecule has 0 saturated heterocycles. The minimum Gasteiger partial charge on any atom is -0.497 e. The first-order chi connectivity index (χ1) is 14.2. The van der Waals surface area contributed by atoms with Crippen LogP contribution < -0.4 is 10.5 Å². The van der Waals surface area contributed by atoms with E-state index in [0.29, 0.717) is 22.6 Å². The summed E-state index contributed by atoms with van der Waals surface area (Å²) in [6.07, 6.45) is 3.41. The van der Waals surface area contributed by atoms with E-state index in [2.05, 4.69) is 9.97 Å². The molecule has 1 aromatic carbocycles. The molecule has 30 heavy (non-hydrogen) atoms. The van der Waals surface area contributed by atoms with Crippen LogP contribution in [-0.2, 0) is 26.6 Å². The number of hydrogen-bond acceptors (Lipinski definition) is 9. The largest absolute Gasteiger partial charge is 0.497 e. The van der Waals surface area contributed by atoms with Crippen molar-refractivity contribution in [3.8, 4) is 5.75 Å². The average molecular weight is 448 g/mol. The van der Waals surface area contributed by atoms with E-state index in [1.165, 1.54) is 43.8 Å². The molecule has 0 radical (unpaired) electrons. The molecule has 12 heteroatoms. The summed E-state index contributed by atoms with van der Waals surface area (Å²) in [5.74, 6) is -0.782. The van der Waals surface area contributed by atoms with Gasteiger partial charge >= 0.3 is 11.4 Å². The number of primary amides is 1. The second kappa shape index (κ2) is 8.16. The van der Waals surface area contributed by atoms with Crippen LogP contribution in [0.5, 0.6) is 5.75 Å². The van der Waals surface area contributed by atoms with Crippen LogP contribution in [0.1, 0.15) is 10.6 Å². The number of hydrogen-bond donors (Lipinski definition) is 1. The van der Waals surface area contributed by atoms with Crippen molar-refractivity contribution in [2.45, 2.75) is 21.1 Å². The summed E-state index contributed by atoms with van der Waals surface area (Å²) in [5.41, 5.74) is 3.36. The molecule has 0 saturated carbocycles. The normalized spacial score (nSPS) is 13.4. The van der Waals surface area contributed by atoms with Crippen LogP contribution in [0.25, 0.3) is 0 Å². The Morgan fingerprint density at radius 2 is 1.97 bits per heavy atom. The predicted octanol–water partition coefficient (Wildman–Crippen LogP) is 1.58. The van der Waals surface area contributed by atoms with Gasteiger partial charge in [0.15, 0.2) is 5.01 Å². The zero-order valence-electron chi connectivity index (χ0n) is 15.6. The summed E-state index contributed by atoms with van der Waals surface area (Å²) in [6.45, 7) is 0. The quantitative estimate of drug-likeness (QED) is 0.402. The number of methoxy groups -OCH3 is 1. The zero-order valence-corrected chi connectivity index (χ0v) is 17.2. The van der Waals surface area contributed by atoms with Gasteiger partial charge in [0.05, 0.1) is 24.6 Å². The molecule has 2 heterocycles. The maximum atomic E-state index is 12.9. The Morgan fingerprint density at radius 3 is 2.50 bits per heavy atom. The molecule has 3 rings (SSSR count). The maximum absolute atomic E-state index is 12.9. The second-order valence-electron chi connectivity index (χ2n) is 6.18. The zero-order chi connectivity index (χ0) is 21.9. The first-order valence-corrected chi connectivity index (χ1v) is 10.7. The monoisotopic (exact) mass is 448 g/mol. The van der Waals surface area contributed by atoms with Crippen LogP contribution >= 0.6 is 11.3 Å². The van der Waals surface area contributed by atoms with Gasteiger partial charge in [0, 0.05) is 17.3 Å². The van der Waals surface area contributed by atoms with E-state index >= 15 is 0 Å². The minimum absolute atomic E-state index is 0.0449. The molecule has 156 valence electrons. The topological polar surface area (TPSA) is 155 Å². The number of sulfone groups is 1. The molecule has 0 spiro atoms. The Morgan fingerprint density at radius 1 is 1.27 bits per heavy atom. The summed E-state index contributed by atoms with van der Waals surface area (Å²) >= 11 is 0.534. The number of pyridine rings is 1. The first-order valence-electron chi connectivity index (χ1n) is 8.40. The third-order valence-electron chi connectivity index (χ3n) is 4.37. The lowest BCUT2D eigenvalue weighted by atomic mass is 9.92. The van der Waals surface area contributed by atoms with E-state index in [1.54, 1.807) is 12.1 Å². The van der Waals surface area contributed by atoms with Crippen molar-refractivity contribution >= 4 is 27.1 Å². The molecule has 0 aliphatic heterocycles. The van der Waals surface area contributed by atoms with Crippen LogP contribution in [0.2, 0.25) is 0 Å². The molecular weight excluding hydrogens is 432 g/mol. The minimum atomic E-state index is -4.01. The van der Waals surface area contributed by atoms with Crippen LogP contribution in [0.4, 0.5) is 0 Å². The SMILES string of the molecule is COc1ccc(S(=O)(=O)c2cnc(C(Cc3cccnc3)(C(N)=O)[N+](=O)[O-])s2)cc1. The van der Waals surface area contributed by atoms with Gasteiger partial charge in [-0.2, -0.15) is 0 Å². The van der Waals surface area contributed by atoms with E-state index in [-0.39, 0.29) is 14.1 Å². The number of nitrogens with zero attached hydrogens (tertiary/aromatic N) is 3. The fourth-order valence-electron chi connectivity index (χ4n) is 2.74. The van der Waals surface area contributed by atoms with E-state index in [0.717, 1.165) is 6.20 Å². The number of nitro groups is 1. The summed E-state index contributed by atoms with van der Waals surface area (Å²) in [4.78, 5) is 31.1. The fraction of sp³-hybridized carbons (Fsp3) is 0.167. The molecule has 3 aromatic rings. The lowest BCUT2D eigenvalue weighted by Crippen LogP contribution is -2.49. The standard InChI is InChI=1S/C18H16N4O6S2/c1-28-13-4-6-14(7-5-13)30(26,27)15-11-21-17(29-15)18(16(19)23,22(24)25)9-12-3-2-8-20-10-12/h2-8,10-11H,9H2,1H3,(H2,19,23). The van der Waals surface area contributed by atoms with Gasteiger partial charge in [-0.15, -0.1) is 0 Å². The number of carbonyl (C=O) groups excluding carboxylic acids is 1. The summed E-state index contributed by atoms with van der Waals surface area (Å²) in [7, 11) is -2.57. The van der Waals surface area contributed by atoms with Crippen molar-refractivity contribution in [3.05, 3.63) is 75.7 Å². The second-order valence-corrected chi connectivity index (χ2v) is 9.39. The highest BCUT2D eigenvalue weighted by Crippen LogP contribution is 2.36. The lowest BCUT2D eigenvalue weighted by molar-refractivity contribution is -0.560. The average Bonchev–Trinajstić information content (AvgIpc) is 3.23. The van der Waals surface area contributed by atoms with E-state index < -0.39 is 32.6 Å². The molecule has 2 aromatic heterocycles. The Balaban J connectivity index is 2.07. The number of benzene rings is 1. The summed E-state index contributed by atoms with van der Waals surface area (Å²) in [5, 5.41) is 11.6. The Hall–Kier alpha value is -3.38. The van der Waals surface area contributed by atoms with Crippen molar-refractivity contribution in [2.24, 2.45) is 5.73 Å². The molecule has 0 fully saturated rings. The van der Waals surface area contributed by atoms with Crippen LogP contribution in [0.15, 0.2) is 64.1 Å². The molecule has 0 aliphatic rings. The Bertz CT molecular complexity index is 1160. The van der Waals surface area contributed by atoms with Crippen LogP contribution in [0, 0.1) is 10.1 Å². The fourth-order valence-corrected chi connectivity index (χ4v) is 5.44. The van der Waals surface area contributed by atoms with Gasteiger partial charge in [-0.25, -0.2) is 13.4 Å². The Labute approximate surface area is 175 Å². The maximum Gasteiger partial charge on any atom is 0.352 e. The van der Waals surface area contributed by atoms with Gasteiger partial charge in [-0.3, -0.25) is 19.9 Å². The predicted molar refractivity (Wildman–Crippen MR) is 106 cm³/mol. The van der Waals surface area contributed by atoms with Gasteiger partial charge in [-0.1, -0.05) is 17.4 Å². The number of rotatable bonds is 8. The third kappa shape index (κ3) is 3.74. The van der Waals surface area contributed by atoms with E-state index in [4.69, 9.17) is 10.5 Å². The van der Waals surface area contributed by atoms with Gasteiger partial charge in [0.2, 0.25) is 9.84 Å². The van der Waals surface area contributed by atoms with Crippen molar-refractivity contribution in [1.29, 1.82) is 0 Å². The highest BCUT2D eigenvalue weighted by molar-refractivity contribution is 7.93. The smallest absolute Gasteiger partial charge is 0.352 e. The number of ether oxygens (including phenoxy) is 1. The molecule has 2 N–H and O–H groups in total. The van der Waals surface area contributed by atoms with Gasteiger partial charge in [-0.05, 0) is 35.9 Å². The third-order valence-corrected chi connectivity index (χ3v) is 7.75. The molecule has 10 nitrogen and oxygen atoms in total. The highest BCUT2D eigenvalue weighted by atomic mass is 32.2. The number of nitrogens with two attached hydrogens (primary N) is 1. The molecule has 1 unspecified atom stereocenters. The number of carbonyl (C=O) groups is 1. The van der Waals surface area contributed by atoms with Crippen molar-refractivity contribution in [3.63, 3.8) is 0 Å². The van der Waals surface area contributed by atoms with E-state index in [1.807, 2.05) is 0 Å². The number of aromatic nitrogens is 2. The molecule has 0 bridgehead atoms. The molecule has 0 aliphatic carbocycles. The number of amides is 1. The van der Waals surface area contributed by atoms with E-state index in [9.17, 15) is 23.3 Å². The molecule has 1 atom stereocenters. The molecular formula is C18H16N4O6S2. The Kier molecular flexibility index (Phi) is 5.80. The number of thiazole rings is 1. The van der Waals surface area contributed by atoms with Crippen LogP contribution in [-0.4, -0.2) is 36.3 Å². The summed E-state index contributed by atoms with van der Waals surface area (Å²) < 4.78 is 30.6. The first kappa shape index (κ1) is 21.3. The lowest BCUT2D eigenvalue weighted by Gasteiger charge is -2.19. The van der Waals surface area contributed by atoms with Gasteiger partial charge < -0.3 is 10.5 Å². The van der Waals surface area contributed by atoms with Crippen molar-refractivity contribution in [2.75, 3.05) is 7.11 Å². The van der Waals surface area contributed by atoms with Gasteiger partial charge in [0.25, 0.3) is 0 Å². The summed E-state index contributed by atoms with van der Waals surface area (Å²) in [6, 6.07) is 8.75. The molecule has 1 amide bonds. The van der Waals surface area contributed by atoms with Crippen molar-refractivity contribution < 1.29 is 22.9 Å².